The van der Waals surface area contributed by atoms with Gasteiger partial charge >= 0.3 is 0 Å². The van der Waals surface area contributed by atoms with Crippen molar-refractivity contribution in [1.29, 1.82) is 0 Å². The maximum absolute atomic E-state index is 12.7. The van der Waals surface area contributed by atoms with E-state index in [2.05, 4.69) is 10.6 Å². The molecule has 2 aliphatic rings. The third-order valence-corrected chi connectivity index (χ3v) is 4.61. The van der Waals surface area contributed by atoms with E-state index in [4.69, 9.17) is 0 Å². The topological polar surface area (TPSA) is 118 Å². The fourth-order valence-electron chi connectivity index (χ4n) is 3.48. The number of nitro benzene ring substituents is 1. The fraction of sp³-hybridized carbons (Fsp3) is 0.389. The van der Waals surface area contributed by atoms with E-state index in [1.165, 1.54) is 24.3 Å². The van der Waals surface area contributed by atoms with Crippen LogP contribution in [0.5, 0.6) is 0 Å². The summed E-state index contributed by atoms with van der Waals surface area (Å²) in [4.78, 5) is 47.4. The second-order valence-corrected chi connectivity index (χ2v) is 7.43. The molecule has 0 bridgehead atoms. The van der Waals surface area contributed by atoms with Gasteiger partial charge in [0, 0.05) is 41.9 Å². The zero-order valence-corrected chi connectivity index (χ0v) is 14.5. The number of ketones is 1. The number of non-ortho nitro benzene ring substituents is 1. The van der Waals surface area contributed by atoms with Gasteiger partial charge in [0.25, 0.3) is 5.69 Å². The van der Waals surface area contributed by atoms with E-state index in [0.29, 0.717) is 29.8 Å². The third-order valence-electron chi connectivity index (χ3n) is 4.61. The average Bonchev–Trinajstić information content (AvgIpc) is 2.52. The van der Waals surface area contributed by atoms with Crippen LogP contribution in [0.3, 0.4) is 0 Å². The molecule has 0 fully saturated rings. The number of Topliss-reactive ketones (excluding diaryl/α,β-unsaturated/α-hetero) is 1. The Bertz CT molecular complexity index is 839. The molecule has 0 unspecified atom stereocenters. The molecule has 26 heavy (non-hydrogen) atoms. The molecule has 1 aromatic carbocycles. The summed E-state index contributed by atoms with van der Waals surface area (Å²) in [5.74, 6) is -1.73. The quantitative estimate of drug-likeness (QED) is 0.636. The Hall–Kier alpha value is -3.03. The normalized spacial score (nSPS) is 21.7. The Morgan fingerprint density at radius 3 is 2.50 bits per heavy atom. The van der Waals surface area contributed by atoms with Crippen LogP contribution in [0.1, 0.15) is 33.1 Å². The number of amides is 2. The summed E-state index contributed by atoms with van der Waals surface area (Å²) in [6, 6.07) is 5.39. The summed E-state index contributed by atoms with van der Waals surface area (Å²) in [5.41, 5.74) is 0.932. The van der Waals surface area contributed by atoms with E-state index in [1.807, 2.05) is 13.8 Å². The van der Waals surface area contributed by atoms with Crippen molar-refractivity contribution in [2.24, 2.45) is 11.3 Å². The number of nitro groups is 1. The summed E-state index contributed by atoms with van der Waals surface area (Å²) in [6.07, 6.45) is 0.758. The molecule has 1 atom stereocenters. The summed E-state index contributed by atoms with van der Waals surface area (Å²) in [5, 5.41) is 16.1. The Labute approximate surface area is 149 Å². The van der Waals surface area contributed by atoms with Gasteiger partial charge in [-0.05, 0) is 24.0 Å². The Morgan fingerprint density at radius 2 is 1.88 bits per heavy atom. The molecule has 2 N–H and O–H groups in total. The molecular weight excluding hydrogens is 338 g/mol. The number of hydrogen-bond donors (Lipinski definition) is 2. The molecule has 0 aromatic heterocycles. The molecule has 8 nitrogen and oxygen atoms in total. The number of benzene rings is 1. The van der Waals surface area contributed by atoms with Gasteiger partial charge in [-0.15, -0.1) is 0 Å². The molecule has 0 spiro atoms. The van der Waals surface area contributed by atoms with Gasteiger partial charge in [0.2, 0.25) is 11.8 Å². The first kappa shape index (κ1) is 17.8. The van der Waals surface area contributed by atoms with Crippen molar-refractivity contribution in [2.75, 3.05) is 5.32 Å². The number of nitrogens with zero attached hydrogens (tertiary/aromatic N) is 1. The molecule has 1 heterocycles. The number of allylic oxidation sites excluding steroid dienone is 1. The Balaban J connectivity index is 1.85. The maximum Gasteiger partial charge on any atom is 0.269 e. The summed E-state index contributed by atoms with van der Waals surface area (Å²) in [6.45, 7) is 3.89. The lowest BCUT2D eigenvalue weighted by Crippen LogP contribution is -2.44. The van der Waals surface area contributed by atoms with Crippen LogP contribution in [0, 0.1) is 21.4 Å². The van der Waals surface area contributed by atoms with E-state index in [1.54, 1.807) is 0 Å². The van der Waals surface area contributed by atoms with Crippen molar-refractivity contribution < 1.29 is 19.3 Å². The first-order valence-corrected chi connectivity index (χ1v) is 8.28. The zero-order chi connectivity index (χ0) is 19.1. The maximum atomic E-state index is 12.7. The van der Waals surface area contributed by atoms with Crippen LogP contribution >= 0.6 is 0 Å². The summed E-state index contributed by atoms with van der Waals surface area (Å²) >= 11 is 0. The Kier molecular flexibility index (Phi) is 4.35. The molecule has 3 rings (SSSR count). The molecule has 2 amide bonds. The smallest absolute Gasteiger partial charge is 0.269 e. The van der Waals surface area contributed by atoms with Crippen LogP contribution in [-0.2, 0) is 14.4 Å². The van der Waals surface area contributed by atoms with Crippen LogP contribution < -0.4 is 10.6 Å². The van der Waals surface area contributed by atoms with Crippen LogP contribution in [0.25, 0.3) is 0 Å². The lowest BCUT2D eigenvalue weighted by atomic mass is 9.71. The van der Waals surface area contributed by atoms with Gasteiger partial charge in [-0.1, -0.05) is 13.8 Å². The molecule has 8 heteroatoms. The van der Waals surface area contributed by atoms with Gasteiger partial charge in [0.1, 0.15) is 0 Å². The van der Waals surface area contributed by atoms with Gasteiger partial charge in [0.15, 0.2) is 5.78 Å². The summed E-state index contributed by atoms with van der Waals surface area (Å²) < 4.78 is 0. The van der Waals surface area contributed by atoms with Gasteiger partial charge in [-0.2, -0.15) is 0 Å². The van der Waals surface area contributed by atoms with Crippen LogP contribution in [-0.4, -0.2) is 22.5 Å². The van der Waals surface area contributed by atoms with Crippen molar-refractivity contribution in [3.8, 4) is 0 Å². The highest BCUT2D eigenvalue weighted by Gasteiger charge is 2.42. The molecular formula is C18H19N3O5. The SMILES string of the molecule is CC1(C)CC(=O)C2=C(C1)NC(=O)C[C@@H]2C(=O)Nc1ccc([N+](=O)[O-])cc1. The van der Waals surface area contributed by atoms with Gasteiger partial charge < -0.3 is 10.6 Å². The van der Waals surface area contributed by atoms with E-state index in [0.717, 1.165) is 0 Å². The predicted molar refractivity (Wildman–Crippen MR) is 93.0 cm³/mol. The molecule has 136 valence electrons. The zero-order valence-electron chi connectivity index (χ0n) is 14.5. The van der Waals surface area contributed by atoms with Crippen molar-refractivity contribution in [3.63, 3.8) is 0 Å². The minimum atomic E-state index is -0.849. The average molecular weight is 357 g/mol. The lowest BCUT2D eigenvalue weighted by Gasteiger charge is -2.37. The van der Waals surface area contributed by atoms with Gasteiger partial charge in [-0.25, -0.2) is 0 Å². The van der Waals surface area contributed by atoms with Gasteiger partial charge in [-0.3, -0.25) is 24.5 Å². The molecule has 1 aliphatic heterocycles. The predicted octanol–water partition coefficient (Wildman–Crippen LogP) is 2.31. The van der Waals surface area contributed by atoms with Crippen molar-refractivity contribution >= 4 is 29.0 Å². The highest BCUT2D eigenvalue weighted by Crippen LogP contribution is 2.40. The fourth-order valence-corrected chi connectivity index (χ4v) is 3.48. The molecule has 1 aliphatic carbocycles. The van der Waals surface area contributed by atoms with Crippen LogP contribution in [0.15, 0.2) is 35.5 Å². The second-order valence-electron chi connectivity index (χ2n) is 7.43. The lowest BCUT2D eigenvalue weighted by molar-refractivity contribution is -0.384. The number of nitrogens with one attached hydrogen (secondary N) is 2. The van der Waals surface area contributed by atoms with E-state index in [-0.39, 0.29) is 29.2 Å². The van der Waals surface area contributed by atoms with Gasteiger partial charge in [0.05, 0.1) is 10.8 Å². The Morgan fingerprint density at radius 1 is 1.23 bits per heavy atom. The third kappa shape index (κ3) is 3.49. The van der Waals surface area contributed by atoms with E-state index in [9.17, 15) is 24.5 Å². The molecule has 0 saturated heterocycles. The molecule has 0 saturated carbocycles. The summed E-state index contributed by atoms with van der Waals surface area (Å²) in [7, 11) is 0. The number of carbonyl (C=O) groups is 3. The molecule has 1 aromatic rings. The highest BCUT2D eigenvalue weighted by molar-refractivity contribution is 6.09. The standard InChI is InChI=1S/C18H19N3O5/c1-18(2)8-13-16(14(22)9-18)12(7-15(23)20-13)17(24)19-10-3-5-11(6-4-10)21(25)26/h3-6,12H,7-9H2,1-2H3,(H,19,24)(H,20,23)/t12-/m0/s1. The number of anilines is 1. The van der Waals surface area contributed by atoms with E-state index < -0.39 is 16.7 Å². The van der Waals surface area contributed by atoms with Crippen molar-refractivity contribution in [2.45, 2.75) is 33.1 Å². The number of rotatable bonds is 3. The van der Waals surface area contributed by atoms with Crippen LogP contribution in [0.2, 0.25) is 0 Å². The second kappa shape index (κ2) is 6.36. The minimum absolute atomic E-state index is 0.0882. The first-order valence-electron chi connectivity index (χ1n) is 8.28. The van der Waals surface area contributed by atoms with Crippen molar-refractivity contribution in [3.05, 3.63) is 45.6 Å². The van der Waals surface area contributed by atoms with Crippen LogP contribution in [0.4, 0.5) is 11.4 Å². The molecule has 0 radical (unpaired) electrons. The monoisotopic (exact) mass is 357 g/mol. The highest BCUT2D eigenvalue weighted by atomic mass is 16.6. The minimum Gasteiger partial charge on any atom is -0.329 e. The number of carbonyl (C=O) groups excluding carboxylic acids is 3. The van der Waals surface area contributed by atoms with Crippen molar-refractivity contribution in [1.82, 2.24) is 5.32 Å². The number of hydrogen-bond acceptors (Lipinski definition) is 5. The largest absolute Gasteiger partial charge is 0.329 e. The van der Waals surface area contributed by atoms with E-state index >= 15 is 0 Å². The first-order chi connectivity index (χ1) is 12.2.